The lowest BCUT2D eigenvalue weighted by Gasteiger charge is -2.41. The Hall–Kier alpha value is -7.36. The fraction of sp³-hybridized carbons (Fsp3) is 0.0189. The van der Waals surface area contributed by atoms with E-state index < -0.39 is 5.41 Å². The molecule has 10 aromatic rings. The van der Waals surface area contributed by atoms with Gasteiger partial charge in [-0.2, -0.15) is 0 Å². The predicted molar refractivity (Wildman–Crippen MR) is 230 cm³/mol. The van der Waals surface area contributed by atoms with E-state index in [9.17, 15) is 0 Å². The summed E-state index contributed by atoms with van der Waals surface area (Å²) in [7, 11) is 0. The van der Waals surface area contributed by atoms with Crippen LogP contribution >= 0.6 is 0 Å². The fourth-order valence-electron chi connectivity index (χ4n) is 9.02. The third-order valence-electron chi connectivity index (χ3n) is 11.5. The van der Waals surface area contributed by atoms with E-state index in [1.807, 2.05) is 6.07 Å². The molecule has 8 aromatic carbocycles. The predicted octanol–water partition coefficient (Wildman–Crippen LogP) is 12.9. The summed E-state index contributed by atoms with van der Waals surface area (Å²) >= 11 is 0. The van der Waals surface area contributed by atoms with Crippen LogP contribution in [0.1, 0.15) is 22.3 Å². The van der Waals surface area contributed by atoms with Gasteiger partial charge in [-0.25, -0.2) is 9.97 Å². The number of hydrogen-bond donors (Lipinski definition) is 0. The van der Waals surface area contributed by atoms with E-state index in [2.05, 4.69) is 211 Å². The Morgan fingerprint density at radius 3 is 1.70 bits per heavy atom. The number of hydrogen-bond acceptors (Lipinski definition) is 2. The van der Waals surface area contributed by atoms with Gasteiger partial charge in [-0.15, -0.1) is 0 Å². The number of fused-ring (bicyclic) bond motifs is 5. The average molecular weight is 714 g/mol. The van der Waals surface area contributed by atoms with Crippen LogP contribution in [-0.2, 0) is 5.41 Å². The van der Waals surface area contributed by atoms with E-state index in [4.69, 9.17) is 9.97 Å². The van der Waals surface area contributed by atoms with Gasteiger partial charge in [-0.05, 0) is 57.6 Å². The van der Waals surface area contributed by atoms with Crippen molar-refractivity contribution in [1.29, 1.82) is 0 Å². The van der Waals surface area contributed by atoms with Crippen molar-refractivity contribution in [2.24, 2.45) is 0 Å². The maximum atomic E-state index is 5.26. The number of aromatic nitrogens is 3. The minimum Gasteiger partial charge on any atom is -0.309 e. The van der Waals surface area contributed by atoms with Crippen LogP contribution < -0.4 is 0 Å². The quantitative estimate of drug-likeness (QED) is 0.172. The van der Waals surface area contributed by atoms with Crippen LogP contribution in [0.25, 0.3) is 72.5 Å². The molecule has 0 N–H and O–H groups in total. The van der Waals surface area contributed by atoms with Gasteiger partial charge >= 0.3 is 0 Å². The summed E-state index contributed by atoms with van der Waals surface area (Å²) < 4.78 is 2.47. The molecule has 0 saturated heterocycles. The highest BCUT2D eigenvalue weighted by molar-refractivity contribution is 6.12. The van der Waals surface area contributed by atoms with Crippen LogP contribution in [0.2, 0.25) is 0 Å². The van der Waals surface area contributed by atoms with Crippen LogP contribution in [-0.4, -0.2) is 14.5 Å². The summed E-state index contributed by atoms with van der Waals surface area (Å²) in [6.45, 7) is 0. The molecule has 1 aliphatic rings. The molecular weight excluding hydrogens is 679 g/mol. The molecule has 0 aliphatic carbocycles. The molecule has 0 radical (unpaired) electrons. The highest BCUT2D eigenvalue weighted by Gasteiger charge is 2.45. The van der Waals surface area contributed by atoms with E-state index in [1.165, 1.54) is 55.3 Å². The smallest absolute Gasteiger partial charge is 0.160 e. The van der Waals surface area contributed by atoms with E-state index in [0.717, 1.165) is 33.6 Å². The van der Waals surface area contributed by atoms with Gasteiger partial charge in [0.15, 0.2) is 5.82 Å². The Morgan fingerprint density at radius 1 is 0.357 bits per heavy atom. The molecule has 0 saturated carbocycles. The monoisotopic (exact) mass is 713 g/mol. The van der Waals surface area contributed by atoms with E-state index in [0.29, 0.717) is 5.82 Å². The zero-order chi connectivity index (χ0) is 37.1. The van der Waals surface area contributed by atoms with Gasteiger partial charge in [0.1, 0.15) is 0 Å². The first-order valence-corrected chi connectivity index (χ1v) is 19.2. The van der Waals surface area contributed by atoms with Crippen LogP contribution in [0.4, 0.5) is 0 Å². The summed E-state index contributed by atoms with van der Waals surface area (Å²) in [6, 6.07) is 76.2. The molecule has 3 heteroatoms. The fourth-order valence-corrected chi connectivity index (χ4v) is 9.02. The van der Waals surface area contributed by atoms with Gasteiger partial charge in [0.05, 0.1) is 33.5 Å². The molecule has 2 aromatic heterocycles. The molecule has 0 bridgehead atoms. The molecule has 3 heterocycles. The first-order chi connectivity index (χ1) is 27.8. The lowest BCUT2D eigenvalue weighted by molar-refractivity contribution is 0.728. The Bertz CT molecular complexity index is 3060. The summed E-state index contributed by atoms with van der Waals surface area (Å²) in [6.07, 6.45) is 0. The van der Waals surface area contributed by atoms with Crippen LogP contribution in [0.3, 0.4) is 0 Å². The molecule has 56 heavy (non-hydrogen) atoms. The van der Waals surface area contributed by atoms with Crippen molar-refractivity contribution in [3.8, 4) is 50.7 Å². The second-order valence-corrected chi connectivity index (χ2v) is 14.5. The Labute approximate surface area is 325 Å². The second kappa shape index (κ2) is 12.9. The molecule has 1 atom stereocenters. The third-order valence-corrected chi connectivity index (χ3v) is 11.5. The minimum absolute atomic E-state index is 0.573. The Balaban J connectivity index is 1.12. The first kappa shape index (κ1) is 32.1. The first-order valence-electron chi connectivity index (χ1n) is 19.2. The van der Waals surface area contributed by atoms with E-state index in [-0.39, 0.29) is 0 Å². The number of rotatable bonds is 6. The summed E-state index contributed by atoms with van der Waals surface area (Å²) in [5, 5.41) is 2.53. The molecule has 1 aliphatic heterocycles. The van der Waals surface area contributed by atoms with Gasteiger partial charge < -0.3 is 4.57 Å². The Kier molecular flexibility index (Phi) is 7.39. The van der Waals surface area contributed by atoms with Crippen molar-refractivity contribution >= 4 is 21.8 Å². The van der Waals surface area contributed by atoms with Crippen molar-refractivity contribution in [3.05, 3.63) is 235 Å². The van der Waals surface area contributed by atoms with Gasteiger partial charge in [0, 0.05) is 27.5 Å². The Morgan fingerprint density at radius 2 is 0.911 bits per heavy atom. The minimum atomic E-state index is -0.573. The molecule has 11 rings (SSSR count). The van der Waals surface area contributed by atoms with Crippen LogP contribution in [0.5, 0.6) is 0 Å². The highest BCUT2D eigenvalue weighted by Crippen LogP contribution is 2.54. The normalized spacial score (nSPS) is 14.5. The second-order valence-electron chi connectivity index (χ2n) is 14.5. The number of para-hydroxylation sites is 3. The van der Waals surface area contributed by atoms with Gasteiger partial charge in [-0.1, -0.05) is 188 Å². The number of benzene rings is 8. The average Bonchev–Trinajstić information content (AvgIpc) is 3.63. The van der Waals surface area contributed by atoms with E-state index >= 15 is 0 Å². The van der Waals surface area contributed by atoms with Crippen molar-refractivity contribution in [3.63, 3.8) is 0 Å². The summed E-state index contributed by atoms with van der Waals surface area (Å²) in [5.74, 6) is 0.693. The maximum Gasteiger partial charge on any atom is 0.160 e. The van der Waals surface area contributed by atoms with Gasteiger partial charge in [0.2, 0.25) is 0 Å². The largest absolute Gasteiger partial charge is 0.309 e. The molecule has 1 unspecified atom stereocenters. The molecule has 0 fully saturated rings. The van der Waals surface area contributed by atoms with Crippen molar-refractivity contribution in [2.75, 3.05) is 0 Å². The summed E-state index contributed by atoms with van der Waals surface area (Å²) in [5.41, 5.74) is 15.2. The summed E-state index contributed by atoms with van der Waals surface area (Å²) in [4.78, 5) is 10.5. The van der Waals surface area contributed by atoms with Gasteiger partial charge in [0.25, 0.3) is 0 Å². The standard InChI is InChI=1S/C53H35N3/c1-4-16-36(17-5-1)39-20-14-21-40(34-39)48-35-47(37-18-6-2-7-19-37)54-52(55-48)38-30-32-42(33-31-38)53(41-22-8-3-9-23-41)45-26-11-13-29-50(45)56-49-28-12-10-24-43(49)44-25-15-27-46(53)51(44)56/h1-35H. The molecule has 0 amide bonds. The lowest BCUT2D eigenvalue weighted by Crippen LogP contribution is -2.35. The van der Waals surface area contributed by atoms with Gasteiger partial charge in [-0.3, -0.25) is 0 Å². The van der Waals surface area contributed by atoms with Crippen molar-refractivity contribution in [1.82, 2.24) is 14.5 Å². The zero-order valence-corrected chi connectivity index (χ0v) is 30.5. The van der Waals surface area contributed by atoms with Crippen LogP contribution in [0.15, 0.2) is 212 Å². The highest BCUT2D eigenvalue weighted by atomic mass is 15.0. The van der Waals surface area contributed by atoms with Crippen LogP contribution in [0, 0.1) is 0 Å². The zero-order valence-electron chi connectivity index (χ0n) is 30.5. The SMILES string of the molecule is c1ccc(-c2cccc(-c3cc(-c4ccccc4)nc(-c4ccc(C5(c6ccccc6)c6ccccc6-n6c7ccccc7c7cccc5c76)cc4)n3)c2)cc1. The molecule has 3 nitrogen and oxygen atoms in total. The van der Waals surface area contributed by atoms with E-state index in [1.54, 1.807) is 0 Å². The maximum absolute atomic E-state index is 5.26. The molecular formula is C53H35N3. The topological polar surface area (TPSA) is 30.7 Å². The third kappa shape index (κ3) is 4.91. The van der Waals surface area contributed by atoms with Crippen molar-refractivity contribution < 1.29 is 0 Å². The lowest BCUT2D eigenvalue weighted by atomic mass is 9.63. The molecule has 0 spiro atoms. The molecule has 262 valence electrons. The van der Waals surface area contributed by atoms with Crippen molar-refractivity contribution in [2.45, 2.75) is 5.41 Å². The number of nitrogens with zero attached hydrogens (tertiary/aromatic N) is 3.